The van der Waals surface area contributed by atoms with Crippen molar-refractivity contribution in [1.29, 1.82) is 0 Å². The molecule has 1 N–H and O–H groups in total. The molecule has 4 aromatic rings. The highest BCUT2D eigenvalue weighted by Gasteiger charge is 2.19. The second kappa shape index (κ2) is 8.62. The Balaban J connectivity index is 1.72. The number of aromatic nitrogens is 5. The Morgan fingerprint density at radius 3 is 2.47 bits per heavy atom. The second-order valence-corrected chi connectivity index (χ2v) is 7.48. The molecule has 0 radical (unpaired) electrons. The van der Waals surface area contributed by atoms with Crippen LogP contribution in [0, 0.1) is 18.6 Å². The van der Waals surface area contributed by atoms with Gasteiger partial charge in [-0.1, -0.05) is 11.3 Å². The molecule has 0 fully saturated rings. The Labute approximate surface area is 183 Å². The number of hydrogen-bond acceptors (Lipinski definition) is 5. The zero-order valence-corrected chi connectivity index (χ0v) is 17.7. The maximum atomic E-state index is 14.1. The van der Waals surface area contributed by atoms with Gasteiger partial charge in [0.15, 0.2) is 0 Å². The van der Waals surface area contributed by atoms with E-state index in [0.717, 1.165) is 29.0 Å². The van der Waals surface area contributed by atoms with Crippen molar-refractivity contribution in [3.63, 3.8) is 0 Å². The first kappa shape index (κ1) is 21.2. The Hall–Kier alpha value is -4.01. The van der Waals surface area contributed by atoms with Gasteiger partial charge in [-0.25, -0.2) is 13.5 Å². The standard InChI is InChI=1S/C23H20F2N6O/c1-13-4-5-20(26-10-13)15-6-16(21-12-28-30-31(21)3)8-17(7-15)23(32)29-14(2)22-19(25)9-18(24)11-27-22/h4-12,14H,1-3H3,(H,29,32)/t14-/m1/s1. The molecule has 0 aliphatic carbocycles. The third-order valence-electron chi connectivity index (χ3n) is 5.01. The van der Waals surface area contributed by atoms with Crippen LogP contribution in [0.5, 0.6) is 0 Å². The van der Waals surface area contributed by atoms with Gasteiger partial charge in [0.25, 0.3) is 5.91 Å². The van der Waals surface area contributed by atoms with Gasteiger partial charge in [-0.3, -0.25) is 14.8 Å². The number of rotatable bonds is 5. The molecule has 1 aromatic carbocycles. The van der Waals surface area contributed by atoms with Gasteiger partial charge in [-0.05, 0) is 43.7 Å². The SMILES string of the molecule is Cc1ccc(-c2cc(C(=O)N[C@H](C)c3ncc(F)cc3F)cc(-c3cnnn3C)c2)nc1. The molecule has 4 rings (SSSR count). The zero-order chi connectivity index (χ0) is 22.8. The topological polar surface area (TPSA) is 85.6 Å². The van der Waals surface area contributed by atoms with Crippen LogP contribution in [-0.4, -0.2) is 30.9 Å². The van der Waals surface area contributed by atoms with Crippen molar-refractivity contribution in [2.24, 2.45) is 7.05 Å². The fourth-order valence-corrected chi connectivity index (χ4v) is 3.34. The minimum absolute atomic E-state index is 0.0489. The lowest BCUT2D eigenvalue weighted by Gasteiger charge is -2.15. The van der Waals surface area contributed by atoms with Crippen molar-refractivity contribution in [3.8, 4) is 22.5 Å². The van der Waals surface area contributed by atoms with E-state index < -0.39 is 23.6 Å². The van der Waals surface area contributed by atoms with Gasteiger partial charge in [-0.2, -0.15) is 0 Å². The molecule has 3 heterocycles. The molecule has 0 saturated heterocycles. The summed E-state index contributed by atoms with van der Waals surface area (Å²) in [6.07, 6.45) is 4.26. The molecule has 0 spiro atoms. The van der Waals surface area contributed by atoms with Crippen LogP contribution in [0.1, 0.15) is 34.6 Å². The first-order valence-corrected chi connectivity index (χ1v) is 9.87. The van der Waals surface area contributed by atoms with Crippen LogP contribution in [0.2, 0.25) is 0 Å². The monoisotopic (exact) mass is 434 g/mol. The number of halogens is 2. The molecule has 1 atom stereocenters. The molecule has 32 heavy (non-hydrogen) atoms. The van der Waals surface area contributed by atoms with Crippen LogP contribution in [0.3, 0.4) is 0 Å². The highest BCUT2D eigenvalue weighted by atomic mass is 19.1. The summed E-state index contributed by atoms with van der Waals surface area (Å²) in [6.45, 7) is 3.52. The van der Waals surface area contributed by atoms with Crippen LogP contribution in [-0.2, 0) is 7.05 Å². The molecular formula is C23H20F2N6O. The number of aryl methyl sites for hydroxylation is 2. The van der Waals surface area contributed by atoms with Crippen molar-refractivity contribution in [3.05, 3.63) is 83.4 Å². The van der Waals surface area contributed by atoms with E-state index in [1.165, 1.54) is 0 Å². The van der Waals surface area contributed by atoms with E-state index in [4.69, 9.17) is 0 Å². The first-order chi connectivity index (χ1) is 15.3. The van der Waals surface area contributed by atoms with Crippen LogP contribution in [0.25, 0.3) is 22.5 Å². The summed E-state index contributed by atoms with van der Waals surface area (Å²) in [4.78, 5) is 21.3. The lowest BCUT2D eigenvalue weighted by atomic mass is 10.00. The number of carbonyl (C=O) groups excluding carboxylic acids is 1. The maximum Gasteiger partial charge on any atom is 0.251 e. The van der Waals surface area contributed by atoms with Gasteiger partial charge in [0.2, 0.25) is 0 Å². The summed E-state index contributed by atoms with van der Waals surface area (Å²) in [5.74, 6) is -2.04. The van der Waals surface area contributed by atoms with E-state index in [0.29, 0.717) is 17.0 Å². The minimum Gasteiger partial charge on any atom is -0.344 e. The molecule has 7 nitrogen and oxygen atoms in total. The van der Waals surface area contributed by atoms with E-state index in [-0.39, 0.29) is 5.69 Å². The molecule has 0 aliphatic rings. The van der Waals surface area contributed by atoms with E-state index in [1.54, 1.807) is 43.2 Å². The van der Waals surface area contributed by atoms with Crippen LogP contribution >= 0.6 is 0 Å². The van der Waals surface area contributed by atoms with Gasteiger partial charge in [0.05, 0.1) is 35.5 Å². The molecule has 0 unspecified atom stereocenters. The number of benzene rings is 1. The van der Waals surface area contributed by atoms with Crippen molar-refractivity contribution in [2.75, 3.05) is 0 Å². The summed E-state index contributed by atoms with van der Waals surface area (Å²) in [6, 6.07) is 9.09. The smallest absolute Gasteiger partial charge is 0.251 e. The van der Waals surface area contributed by atoms with Crippen LogP contribution in [0.15, 0.2) is 55.0 Å². The minimum atomic E-state index is -0.822. The van der Waals surface area contributed by atoms with Crippen molar-refractivity contribution < 1.29 is 13.6 Å². The molecule has 0 aliphatic heterocycles. The van der Waals surface area contributed by atoms with Crippen molar-refractivity contribution in [2.45, 2.75) is 19.9 Å². The Bertz CT molecular complexity index is 1290. The summed E-state index contributed by atoms with van der Waals surface area (Å²) in [5, 5.41) is 10.6. The Morgan fingerprint density at radius 1 is 1.03 bits per heavy atom. The molecular weight excluding hydrogens is 414 g/mol. The van der Waals surface area contributed by atoms with Gasteiger partial charge in [-0.15, -0.1) is 5.10 Å². The normalized spacial score (nSPS) is 11.9. The van der Waals surface area contributed by atoms with Crippen molar-refractivity contribution in [1.82, 2.24) is 30.3 Å². The van der Waals surface area contributed by atoms with Crippen LogP contribution in [0.4, 0.5) is 8.78 Å². The predicted molar refractivity (Wildman–Crippen MR) is 114 cm³/mol. The van der Waals surface area contributed by atoms with Gasteiger partial charge in [0, 0.05) is 36.0 Å². The lowest BCUT2D eigenvalue weighted by Crippen LogP contribution is -2.28. The maximum absolute atomic E-state index is 14.1. The zero-order valence-electron chi connectivity index (χ0n) is 17.7. The van der Waals surface area contributed by atoms with Crippen molar-refractivity contribution >= 4 is 5.91 Å². The number of hydrogen-bond donors (Lipinski definition) is 1. The molecule has 1 amide bonds. The average Bonchev–Trinajstić information content (AvgIpc) is 3.19. The van der Waals surface area contributed by atoms with Gasteiger partial charge >= 0.3 is 0 Å². The molecule has 0 bridgehead atoms. The van der Waals surface area contributed by atoms with E-state index in [1.807, 2.05) is 25.1 Å². The number of nitrogens with zero attached hydrogens (tertiary/aromatic N) is 5. The van der Waals surface area contributed by atoms with Gasteiger partial charge < -0.3 is 5.32 Å². The first-order valence-electron chi connectivity index (χ1n) is 9.87. The summed E-state index contributed by atoms with van der Waals surface area (Å²) in [5.41, 5.74) is 4.17. The third-order valence-corrected chi connectivity index (χ3v) is 5.01. The second-order valence-electron chi connectivity index (χ2n) is 7.48. The number of amides is 1. The molecule has 9 heteroatoms. The largest absolute Gasteiger partial charge is 0.344 e. The number of nitrogens with one attached hydrogen (secondary N) is 1. The highest BCUT2D eigenvalue weighted by molar-refractivity contribution is 5.97. The predicted octanol–water partition coefficient (Wildman–Crippen LogP) is 4.02. The lowest BCUT2D eigenvalue weighted by molar-refractivity contribution is 0.0938. The molecule has 3 aromatic heterocycles. The fourth-order valence-electron chi connectivity index (χ4n) is 3.34. The third kappa shape index (κ3) is 4.36. The van der Waals surface area contributed by atoms with E-state index >= 15 is 0 Å². The Kier molecular flexibility index (Phi) is 5.72. The quantitative estimate of drug-likeness (QED) is 0.513. The van der Waals surface area contributed by atoms with Gasteiger partial charge in [0.1, 0.15) is 11.6 Å². The molecule has 162 valence electrons. The summed E-state index contributed by atoms with van der Waals surface area (Å²) < 4.78 is 28.9. The highest BCUT2D eigenvalue weighted by Crippen LogP contribution is 2.27. The molecule has 0 saturated carbocycles. The fraction of sp³-hybridized carbons (Fsp3) is 0.174. The average molecular weight is 434 g/mol. The number of carbonyl (C=O) groups is 1. The summed E-state index contributed by atoms with van der Waals surface area (Å²) in [7, 11) is 1.75. The summed E-state index contributed by atoms with van der Waals surface area (Å²) >= 11 is 0. The van der Waals surface area contributed by atoms with E-state index in [2.05, 4.69) is 25.6 Å². The van der Waals surface area contributed by atoms with E-state index in [9.17, 15) is 13.6 Å². The van der Waals surface area contributed by atoms with Crippen LogP contribution < -0.4 is 5.32 Å². The number of pyridine rings is 2. The Morgan fingerprint density at radius 2 is 1.81 bits per heavy atom.